The summed E-state index contributed by atoms with van der Waals surface area (Å²) in [6.07, 6.45) is 3.58. The van der Waals surface area contributed by atoms with Crippen molar-refractivity contribution in [1.82, 2.24) is 0 Å². The van der Waals surface area contributed by atoms with Gasteiger partial charge in [0.1, 0.15) is 5.76 Å². The first-order valence-electron chi connectivity index (χ1n) is 3.41. The van der Waals surface area contributed by atoms with Crippen molar-refractivity contribution in [3.05, 3.63) is 36.6 Å². The van der Waals surface area contributed by atoms with Crippen LogP contribution < -0.4 is 0 Å². The Kier molecular flexibility index (Phi) is 1.95. The van der Waals surface area contributed by atoms with Gasteiger partial charge >= 0.3 is 0 Å². The van der Waals surface area contributed by atoms with Gasteiger partial charge in [-0.05, 0) is 11.6 Å². The Morgan fingerprint density at radius 2 is 2.20 bits per heavy atom. The van der Waals surface area contributed by atoms with Crippen molar-refractivity contribution in [3.63, 3.8) is 0 Å². The molecule has 0 aromatic carbocycles. The van der Waals surface area contributed by atoms with Gasteiger partial charge in [0.25, 0.3) is 0 Å². The van der Waals surface area contributed by atoms with Crippen LogP contribution in [0.25, 0.3) is 0 Å². The Morgan fingerprint density at radius 3 is 2.60 bits per heavy atom. The summed E-state index contributed by atoms with van der Waals surface area (Å²) in [4.78, 5) is 0. The predicted octanol–water partition coefficient (Wildman–Crippen LogP) is 2.28. The summed E-state index contributed by atoms with van der Waals surface area (Å²) >= 11 is 0. The molecule has 1 aliphatic rings. The Morgan fingerprint density at radius 1 is 1.50 bits per heavy atom. The standard InChI is InChI=1S/C9H12O/c1-4-8-7(3)6-10-9(8)5-2/h4-5,7H,1-2,6H2,3H3/t7-/m0/s1. The molecule has 1 heteroatoms. The van der Waals surface area contributed by atoms with E-state index in [2.05, 4.69) is 20.1 Å². The number of hydrogen-bond donors (Lipinski definition) is 0. The Hall–Kier alpha value is -0.980. The molecule has 0 amide bonds. The van der Waals surface area contributed by atoms with Crippen LogP contribution in [0.5, 0.6) is 0 Å². The van der Waals surface area contributed by atoms with E-state index in [9.17, 15) is 0 Å². The SMILES string of the molecule is C=CC1=C(C=C)[C@@H](C)CO1. The van der Waals surface area contributed by atoms with Crippen LogP contribution in [0, 0.1) is 5.92 Å². The van der Waals surface area contributed by atoms with Crippen molar-refractivity contribution in [2.75, 3.05) is 6.61 Å². The van der Waals surface area contributed by atoms with Gasteiger partial charge in [0.2, 0.25) is 0 Å². The lowest BCUT2D eigenvalue weighted by molar-refractivity contribution is 0.234. The topological polar surface area (TPSA) is 9.23 Å². The first-order chi connectivity index (χ1) is 4.79. The van der Waals surface area contributed by atoms with E-state index >= 15 is 0 Å². The van der Waals surface area contributed by atoms with Gasteiger partial charge in [-0.25, -0.2) is 0 Å². The molecule has 0 fully saturated rings. The molecule has 0 saturated carbocycles. The Bertz CT molecular complexity index is 189. The second-order valence-corrected chi connectivity index (χ2v) is 2.44. The summed E-state index contributed by atoms with van der Waals surface area (Å²) in [6, 6.07) is 0. The molecule has 1 rings (SSSR count). The average molecular weight is 136 g/mol. The fraction of sp³-hybridized carbons (Fsp3) is 0.333. The maximum Gasteiger partial charge on any atom is 0.122 e. The second-order valence-electron chi connectivity index (χ2n) is 2.44. The second kappa shape index (κ2) is 2.74. The third kappa shape index (κ3) is 0.991. The molecular formula is C9H12O. The summed E-state index contributed by atoms with van der Waals surface area (Å²) < 4.78 is 5.31. The van der Waals surface area contributed by atoms with Gasteiger partial charge in [0.15, 0.2) is 0 Å². The molecule has 54 valence electrons. The highest BCUT2D eigenvalue weighted by Gasteiger charge is 2.18. The quantitative estimate of drug-likeness (QED) is 0.566. The van der Waals surface area contributed by atoms with Crippen LogP contribution in [0.4, 0.5) is 0 Å². The maximum atomic E-state index is 5.31. The lowest BCUT2D eigenvalue weighted by Gasteiger charge is -1.97. The van der Waals surface area contributed by atoms with Crippen LogP contribution in [0.3, 0.4) is 0 Å². The van der Waals surface area contributed by atoms with E-state index < -0.39 is 0 Å². The average Bonchev–Trinajstić information content (AvgIpc) is 2.30. The molecule has 10 heavy (non-hydrogen) atoms. The van der Waals surface area contributed by atoms with E-state index in [-0.39, 0.29) is 0 Å². The number of ether oxygens (including phenoxy) is 1. The molecule has 0 bridgehead atoms. The van der Waals surface area contributed by atoms with E-state index in [4.69, 9.17) is 4.74 Å². The van der Waals surface area contributed by atoms with Crippen molar-refractivity contribution in [2.45, 2.75) is 6.92 Å². The summed E-state index contributed by atoms with van der Waals surface area (Å²) in [5.74, 6) is 1.37. The van der Waals surface area contributed by atoms with E-state index in [1.54, 1.807) is 6.08 Å². The number of hydrogen-bond acceptors (Lipinski definition) is 1. The van der Waals surface area contributed by atoms with Crippen LogP contribution >= 0.6 is 0 Å². The molecule has 0 unspecified atom stereocenters. The zero-order valence-electron chi connectivity index (χ0n) is 6.26. The summed E-state index contributed by atoms with van der Waals surface area (Å²) in [6.45, 7) is 10.2. The van der Waals surface area contributed by atoms with Crippen LogP contribution in [-0.4, -0.2) is 6.61 Å². The third-order valence-electron chi connectivity index (χ3n) is 1.71. The predicted molar refractivity (Wildman–Crippen MR) is 42.5 cm³/mol. The number of allylic oxidation sites excluding steroid dienone is 2. The van der Waals surface area contributed by atoms with Gasteiger partial charge in [-0.15, -0.1) is 0 Å². The molecule has 1 atom stereocenters. The van der Waals surface area contributed by atoms with Crippen LogP contribution in [0.1, 0.15) is 6.92 Å². The van der Waals surface area contributed by atoms with E-state index in [1.165, 1.54) is 5.57 Å². The maximum absolute atomic E-state index is 5.31. The van der Waals surface area contributed by atoms with Gasteiger partial charge in [-0.2, -0.15) is 0 Å². The molecule has 0 N–H and O–H groups in total. The normalized spacial score (nSPS) is 24.3. The molecule has 0 aromatic rings. The third-order valence-corrected chi connectivity index (χ3v) is 1.71. The lowest BCUT2D eigenvalue weighted by Crippen LogP contribution is -1.94. The molecule has 1 heterocycles. The smallest absolute Gasteiger partial charge is 0.122 e. The van der Waals surface area contributed by atoms with Gasteiger partial charge in [-0.1, -0.05) is 26.2 Å². The highest BCUT2D eigenvalue weighted by Crippen LogP contribution is 2.25. The zero-order chi connectivity index (χ0) is 7.56. The van der Waals surface area contributed by atoms with E-state index in [0.717, 1.165) is 12.4 Å². The first-order valence-corrected chi connectivity index (χ1v) is 3.41. The van der Waals surface area contributed by atoms with Crippen LogP contribution in [-0.2, 0) is 4.74 Å². The van der Waals surface area contributed by atoms with E-state index in [1.807, 2.05) is 6.08 Å². The Balaban J connectivity index is 2.91. The van der Waals surface area contributed by atoms with Gasteiger partial charge < -0.3 is 4.74 Å². The molecule has 0 aromatic heterocycles. The minimum Gasteiger partial charge on any atom is -0.493 e. The Labute approximate surface area is 61.7 Å². The van der Waals surface area contributed by atoms with Gasteiger partial charge in [0.05, 0.1) is 6.61 Å². The molecule has 1 aliphatic heterocycles. The van der Waals surface area contributed by atoms with Crippen molar-refractivity contribution < 1.29 is 4.74 Å². The number of rotatable bonds is 2. The molecule has 1 nitrogen and oxygen atoms in total. The highest BCUT2D eigenvalue weighted by molar-refractivity contribution is 5.31. The van der Waals surface area contributed by atoms with Crippen molar-refractivity contribution in [3.8, 4) is 0 Å². The molecule has 0 saturated heterocycles. The minimum absolute atomic E-state index is 0.477. The highest BCUT2D eigenvalue weighted by atomic mass is 16.5. The molecule has 0 radical (unpaired) electrons. The lowest BCUT2D eigenvalue weighted by atomic mass is 10.0. The monoisotopic (exact) mass is 136 g/mol. The largest absolute Gasteiger partial charge is 0.493 e. The van der Waals surface area contributed by atoms with E-state index in [0.29, 0.717) is 5.92 Å². The van der Waals surface area contributed by atoms with Crippen molar-refractivity contribution in [2.24, 2.45) is 5.92 Å². The fourth-order valence-corrected chi connectivity index (χ4v) is 1.11. The van der Waals surface area contributed by atoms with Gasteiger partial charge in [0, 0.05) is 5.92 Å². The van der Waals surface area contributed by atoms with Gasteiger partial charge in [-0.3, -0.25) is 0 Å². The van der Waals surface area contributed by atoms with Crippen LogP contribution in [0.15, 0.2) is 36.6 Å². The zero-order valence-corrected chi connectivity index (χ0v) is 6.26. The fourth-order valence-electron chi connectivity index (χ4n) is 1.11. The van der Waals surface area contributed by atoms with Crippen molar-refractivity contribution >= 4 is 0 Å². The summed E-state index contributed by atoms with van der Waals surface area (Å²) in [5, 5.41) is 0. The summed E-state index contributed by atoms with van der Waals surface area (Å²) in [7, 11) is 0. The molecular weight excluding hydrogens is 124 g/mol. The minimum atomic E-state index is 0.477. The molecule has 0 spiro atoms. The van der Waals surface area contributed by atoms with Crippen LogP contribution in [0.2, 0.25) is 0 Å². The first kappa shape index (κ1) is 7.13. The molecule has 0 aliphatic carbocycles. The van der Waals surface area contributed by atoms with Crippen molar-refractivity contribution in [1.29, 1.82) is 0 Å². The summed E-state index contributed by atoms with van der Waals surface area (Å²) in [5.41, 5.74) is 1.18.